The molecule has 146 valence electrons. The third-order valence-corrected chi connectivity index (χ3v) is 7.90. The molecule has 1 aromatic carbocycles. The van der Waals surface area contributed by atoms with Crippen LogP contribution < -0.4 is 5.32 Å². The van der Waals surface area contributed by atoms with Crippen molar-refractivity contribution in [2.45, 2.75) is 18.7 Å². The molecular weight excluding hydrogens is 438 g/mol. The van der Waals surface area contributed by atoms with Crippen molar-refractivity contribution in [1.82, 2.24) is 0 Å². The van der Waals surface area contributed by atoms with E-state index < -0.39 is 15.7 Å². The number of amides is 1. The summed E-state index contributed by atoms with van der Waals surface area (Å²) < 4.78 is 23.4. The van der Waals surface area contributed by atoms with Crippen LogP contribution in [0.2, 0.25) is 5.02 Å². The topological polar surface area (TPSA) is 80.3 Å². The second-order valence-corrected chi connectivity index (χ2v) is 10.4. The lowest BCUT2D eigenvalue weighted by molar-refractivity contribution is 0.101. The van der Waals surface area contributed by atoms with E-state index in [0.717, 1.165) is 33.6 Å². The normalized spacial score (nSPS) is 11.4. The Balaban J connectivity index is 1.97. The van der Waals surface area contributed by atoms with Gasteiger partial charge in [0.15, 0.2) is 15.6 Å². The third kappa shape index (κ3) is 4.05. The number of aryl methyl sites for hydroxylation is 1. The first-order valence-electron chi connectivity index (χ1n) is 8.07. The highest BCUT2D eigenvalue weighted by atomic mass is 35.5. The van der Waals surface area contributed by atoms with Crippen molar-refractivity contribution in [1.29, 1.82) is 0 Å². The van der Waals surface area contributed by atoms with Crippen LogP contribution in [-0.4, -0.2) is 26.4 Å². The molecule has 0 unspecified atom stereocenters. The number of ketones is 1. The lowest BCUT2D eigenvalue weighted by atomic mass is 10.0. The fourth-order valence-corrected chi connectivity index (χ4v) is 6.49. The molecule has 0 saturated carbocycles. The van der Waals surface area contributed by atoms with Gasteiger partial charge in [0.05, 0.1) is 21.2 Å². The molecule has 0 fully saturated rings. The summed E-state index contributed by atoms with van der Waals surface area (Å²) in [6.45, 7) is 3.42. The monoisotopic (exact) mass is 453 g/mol. The average molecular weight is 454 g/mol. The first-order valence-corrected chi connectivity index (χ1v) is 12.1. The molecule has 3 rings (SSSR count). The average Bonchev–Trinajstić information content (AvgIpc) is 3.19. The molecule has 2 heterocycles. The summed E-state index contributed by atoms with van der Waals surface area (Å²) in [5.74, 6) is -0.734. The van der Waals surface area contributed by atoms with E-state index in [4.69, 9.17) is 11.6 Å². The minimum absolute atomic E-state index is 0.0817. The Morgan fingerprint density at radius 2 is 1.71 bits per heavy atom. The van der Waals surface area contributed by atoms with Gasteiger partial charge in [0, 0.05) is 21.9 Å². The number of rotatable bonds is 5. The Bertz CT molecular complexity index is 1170. The minimum Gasteiger partial charge on any atom is -0.320 e. The molecule has 0 aliphatic rings. The maximum atomic E-state index is 12.7. The van der Waals surface area contributed by atoms with Crippen molar-refractivity contribution in [3.63, 3.8) is 0 Å². The van der Waals surface area contributed by atoms with E-state index >= 15 is 0 Å². The summed E-state index contributed by atoms with van der Waals surface area (Å²) in [5, 5.41) is 5.62. The maximum Gasteiger partial charge on any atom is 0.267 e. The molecule has 0 atom stereocenters. The molecule has 0 aliphatic carbocycles. The molecule has 0 bridgehead atoms. The zero-order chi connectivity index (χ0) is 20.6. The number of halogens is 1. The lowest BCUT2D eigenvalue weighted by Crippen LogP contribution is -2.13. The van der Waals surface area contributed by atoms with Crippen LogP contribution in [0.25, 0.3) is 10.4 Å². The standard InChI is InChI=1S/C19H16ClNO4S3/c1-10-4-6-12(7-5-10)17-15(11(2)22)13(8-26-17)21-19(23)18-16(20)14(9-27-18)28(3,24)25/h4-9H,1-3H3,(H,21,23). The summed E-state index contributed by atoms with van der Waals surface area (Å²) in [6, 6.07) is 7.76. The molecule has 2 aromatic heterocycles. The summed E-state index contributed by atoms with van der Waals surface area (Å²) in [5.41, 5.74) is 2.78. The van der Waals surface area contributed by atoms with Gasteiger partial charge in [0.25, 0.3) is 5.91 Å². The molecule has 28 heavy (non-hydrogen) atoms. The third-order valence-electron chi connectivity index (χ3n) is 4.01. The predicted molar refractivity (Wildman–Crippen MR) is 115 cm³/mol. The van der Waals surface area contributed by atoms with Crippen LogP contribution >= 0.6 is 34.3 Å². The lowest BCUT2D eigenvalue weighted by Gasteiger charge is -2.07. The van der Waals surface area contributed by atoms with E-state index in [9.17, 15) is 18.0 Å². The van der Waals surface area contributed by atoms with Crippen molar-refractivity contribution in [2.75, 3.05) is 11.6 Å². The number of anilines is 1. The van der Waals surface area contributed by atoms with Crippen LogP contribution in [0.15, 0.2) is 39.9 Å². The number of Topliss-reactive ketones (excluding diaryl/α,β-unsaturated/α-hetero) is 1. The van der Waals surface area contributed by atoms with Gasteiger partial charge in [-0.3, -0.25) is 9.59 Å². The zero-order valence-corrected chi connectivity index (χ0v) is 18.4. The quantitative estimate of drug-likeness (QED) is 0.532. The zero-order valence-electron chi connectivity index (χ0n) is 15.2. The summed E-state index contributed by atoms with van der Waals surface area (Å²) in [6.07, 6.45) is 1.03. The van der Waals surface area contributed by atoms with E-state index in [1.165, 1.54) is 23.6 Å². The highest BCUT2D eigenvalue weighted by Gasteiger charge is 2.24. The number of thiophene rings is 2. The van der Waals surface area contributed by atoms with Crippen molar-refractivity contribution < 1.29 is 18.0 Å². The van der Waals surface area contributed by atoms with Gasteiger partial charge in [0.2, 0.25) is 0 Å². The Hall–Kier alpha value is -2.00. The summed E-state index contributed by atoms with van der Waals surface area (Å²) in [4.78, 5) is 25.7. The van der Waals surface area contributed by atoms with Crippen molar-refractivity contribution in [3.05, 3.63) is 56.1 Å². The summed E-state index contributed by atoms with van der Waals surface area (Å²) in [7, 11) is -3.53. The van der Waals surface area contributed by atoms with Crippen molar-refractivity contribution >= 4 is 61.5 Å². The number of sulfone groups is 1. The van der Waals surface area contributed by atoms with Crippen LogP contribution in [0.5, 0.6) is 0 Å². The molecule has 9 heteroatoms. The molecule has 0 radical (unpaired) electrons. The Morgan fingerprint density at radius 1 is 1.07 bits per heavy atom. The Morgan fingerprint density at radius 3 is 2.25 bits per heavy atom. The predicted octanol–water partition coefficient (Wildman–Crippen LogP) is 5.30. The molecule has 0 saturated heterocycles. The molecule has 0 spiro atoms. The van der Waals surface area contributed by atoms with E-state index in [0.29, 0.717) is 11.3 Å². The molecule has 1 amide bonds. The Kier molecular flexibility index (Phi) is 5.77. The maximum absolute atomic E-state index is 12.7. The van der Waals surface area contributed by atoms with Gasteiger partial charge in [-0.2, -0.15) is 0 Å². The molecule has 5 nitrogen and oxygen atoms in total. The van der Waals surface area contributed by atoms with Crippen LogP contribution in [0.4, 0.5) is 5.69 Å². The van der Waals surface area contributed by atoms with Crippen LogP contribution in [-0.2, 0) is 9.84 Å². The van der Waals surface area contributed by atoms with E-state index in [-0.39, 0.29) is 20.6 Å². The number of hydrogen-bond acceptors (Lipinski definition) is 6. The molecular formula is C19H16ClNO4S3. The van der Waals surface area contributed by atoms with Gasteiger partial charge in [-0.25, -0.2) is 8.42 Å². The van der Waals surface area contributed by atoms with Gasteiger partial charge in [-0.15, -0.1) is 22.7 Å². The summed E-state index contributed by atoms with van der Waals surface area (Å²) >= 11 is 8.39. The Labute approximate surface area is 175 Å². The molecule has 0 aliphatic heterocycles. The molecule has 3 aromatic rings. The van der Waals surface area contributed by atoms with Crippen LogP contribution in [0.3, 0.4) is 0 Å². The minimum atomic E-state index is -3.53. The number of benzene rings is 1. The smallest absolute Gasteiger partial charge is 0.267 e. The van der Waals surface area contributed by atoms with Gasteiger partial charge in [0.1, 0.15) is 4.88 Å². The van der Waals surface area contributed by atoms with E-state index in [1.807, 2.05) is 31.2 Å². The van der Waals surface area contributed by atoms with E-state index in [2.05, 4.69) is 5.32 Å². The number of nitrogens with one attached hydrogen (secondary N) is 1. The fourth-order valence-electron chi connectivity index (χ4n) is 2.63. The second-order valence-electron chi connectivity index (χ2n) is 6.25. The van der Waals surface area contributed by atoms with Crippen molar-refractivity contribution in [3.8, 4) is 10.4 Å². The first-order chi connectivity index (χ1) is 13.1. The van der Waals surface area contributed by atoms with Gasteiger partial charge in [-0.05, 0) is 19.4 Å². The first kappa shape index (κ1) is 20.7. The van der Waals surface area contributed by atoms with Crippen LogP contribution in [0.1, 0.15) is 32.5 Å². The highest BCUT2D eigenvalue weighted by molar-refractivity contribution is 7.91. The van der Waals surface area contributed by atoms with Crippen LogP contribution in [0, 0.1) is 6.92 Å². The highest BCUT2D eigenvalue weighted by Crippen LogP contribution is 2.38. The van der Waals surface area contributed by atoms with Gasteiger partial charge < -0.3 is 5.32 Å². The van der Waals surface area contributed by atoms with Crippen molar-refractivity contribution in [2.24, 2.45) is 0 Å². The van der Waals surface area contributed by atoms with E-state index in [1.54, 1.807) is 5.38 Å². The number of carbonyl (C=O) groups excluding carboxylic acids is 2. The SMILES string of the molecule is CC(=O)c1c(NC(=O)c2scc(S(C)(=O)=O)c2Cl)csc1-c1ccc(C)cc1. The van der Waals surface area contributed by atoms with Gasteiger partial charge >= 0.3 is 0 Å². The largest absolute Gasteiger partial charge is 0.320 e. The number of hydrogen-bond donors (Lipinski definition) is 1. The van der Waals surface area contributed by atoms with Gasteiger partial charge in [-0.1, -0.05) is 41.4 Å². The second kappa shape index (κ2) is 7.79. The number of carbonyl (C=O) groups is 2. The molecule has 1 N–H and O–H groups in total. The fraction of sp³-hybridized carbons (Fsp3) is 0.158.